The third-order valence-corrected chi connectivity index (χ3v) is 3.19. The molecule has 1 heterocycles. The summed E-state index contributed by atoms with van der Waals surface area (Å²) in [5.74, 6) is 0. The van der Waals surface area contributed by atoms with Gasteiger partial charge in [0.05, 0.1) is 5.60 Å². The number of hydrogen-bond donors (Lipinski definition) is 2. The minimum absolute atomic E-state index is 0. The van der Waals surface area contributed by atoms with Crippen LogP contribution in [0.1, 0.15) is 18.4 Å². The van der Waals surface area contributed by atoms with E-state index < -0.39 is 5.60 Å². The zero-order chi connectivity index (χ0) is 10.7. The van der Waals surface area contributed by atoms with Gasteiger partial charge in [-0.15, -0.1) is 12.4 Å². The van der Waals surface area contributed by atoms with Gasteiger partial charge in [-0.1, -0.05) is 23.7 Å². The Hall–Kier alpha value is -0.280. The molecule has 0 aliphatic carbocycles. The van der Waals surface area contributed by atoms with Gasteiger partial charge < -0.3 is 10.4 Å². The predicted molar refractivity (Wildman–Crippen MR) is 69.5 cm³/mol. The van der Waals surface area contributed by atoms with Crippen molar-refractivity contribution in [1.29, 1.82) is 0 Å². The molecule has 1 aliphatic heterocycles. The van der Waals surface area contributed by atoms with Crippen molar-refractivity contribution in [2.24, 2.45) is 0 Å². The average molecular weight is 262 g/mol. The van der Waals surface area contributed by atoms with Crippen molar-refractivity contribution in [1.82, 2.24) is 5.32 Å². The number of halogens is 2. The molecule has 0 radical (unpaired) electrons. The predicted octanol–water partition coefficient (Wildman–Crippen LogP) is 2.42. The van der Waals surface area contributed by atoms with E-state index in [9.17, 15) is 5.11 Å². The maximum absolute atomic E-state index is 10.3. The van der Waals surface area contributed by atoms with E-state index in [4.69, 9.17) is 11.6 Å². The first-order chi connectivity index (χ1) is 7.18. The second kappa shape index (κ2) is 5.87. The molecule has 0 aromatic heterocycles. The summed E-state index contributed by atoms with van der Waals surface area (Å²) in [5, 5.41) is 14.3. The lowest BCUT2D eigenvalue weighted by Crippen LogP contribution is -2.43. The van der Waals surface area contributed by atoms with Crippen LogP contribution >= 0.6 is 24.0 Å². The highest BCUT2D eigenvalue weighted by Crippen LogP contribution is 2.24. The first kappa shape index (κ1) is 13.8. The highest BCUT2D eigenvalue weighted by molar-refractivity contribution is 6.30. The summed E-state index contributed by atoms with van der Waals surface area (Å²) in [6.07, 6.45) is 2.34. The van der Waals surface area contributed by atoms with Crippen LogP contribution < -0.4 is 5.32 Å². The first-order valence-electron chi connectivity index (χ1n) is 5.36. The molecular formula is C12H17Cl2NO. The molecule has 0 unspecified atom stereocenters. The molecule has 0 atom stereocenters. The van der Waals surface area contributed by atoms with Crippen molar-refractivity contribution >= 4 is 24.0 Å². The van der Waals surface area contributed by atoms with Crippen molar-refractivity contribution in [2.75, 3.05) is 13.1 Å². The van der Waals surface area contributed by atoms with E-state index in [1.54, 1.807) is 0 Å². The smallest absolute Gasteiger partial charge is 0.0712 e. The number of piperidine rings is 1. The summed E-state index contributed by atoms with van der Waals surface area (Å²) in [4.78, 5) is 0. The Morgan fingerprint density at radius 3 is 2.62 bits per heavy atom. The van der Waals surface area contributed by atoms with Gasteiger partial charge in [-0.05, 0) is 43.6 Å². The third kappa shape index (κ3) is 3.63. The molecule has 4 heteroatoms. The number of benzene rings is 1. The summed E-state index contributed by atoms with van der Waals surface area (Å²) < 4.78 is 0. The van der Waals surface area contributed by atoms with Gasteiger partial charge in [-0.3, -0.25) is 0 Å². The molecule has 0 amide bonds. The molecule has 0 saturated carbocycles. The molecule has 16 heavy (non-hydrogen) atoms. The van der Waals surface area contributed by atoms with Crippen LogP contribution in [0, 0.1) is 0 Å². The van der Waals surface area contributed by atoms with E-state index in [-0.39, 0.29) is 12.4 Å². The lowest BCUT2D eigenvalue weighted by atomic mass is 9.86. The van der Waals surface area contributed by atoms with Crippen LogP contribution in [0.5, 0.6) is 0 Å². The largest absolute Gasteiger partial charge is 0.389 e. The SMILES string of the molecule is Cl.OC1(Cc2cccc(Cl)c2)CCNCC1. The number of aliphatic hydroxyl groups is 1. The summed E-state index contributed by atoms with van der Waals surface area (Å²) in [6, 6.07) is 7.74. The van der Waals surface area contributed by atoms with Crippen molar-refractivity contribution in [3.05, 3.63) is 34.9 Å². The minimum Gasteiger partial charge on any atom is -0.389 e. The zero-order valence-electron chi connectivity index (χ0n) is 9.08. The number of nitrogens with one attached hydrogen (secondary N) is 1. The fraction of sp³-hybridized carbons (Fsp3) is 0.500. The molecule has 0 spiro atoms. The van der Waals surface area contributed by atoms with Gasteiger partial charge in [0, 0.05) is 11.4 Å². The van der Waals surface area contributed by atoms with E-state index in [2.05, 4.69) is 5.32 Å². The van der Waals surface area contributed by atoms with Crippen LogP contribution in [0.4, 0.5) is 0 Å². The molecule has 1 saturated heterocycles. The summed E-state index contributed by atoms with van der Waals surface area (Å²) in [5.41, 5.74) is 0.572. The average Bonchev–Trinajstić information content (AvgIpc) is 2.18. The monoisotopic (exact) mass is 261 g/mol. The fourth-order valence-electron chi connectivity index (χ4n) is 2.10. The van der Waals surface area contributed by atoms with E-state index in [0.717, 1.165) is 36.5 Å². The number of hydrogen-bond acceptors (Lipinski definition) is 2. The Kier molecular flexibility index (Phi) is 5.06. The van der Waals surface area contributed by atoms with Crippen LogP contribution in [0.15, 0.2) is 24.3 Å². The standard InChI is InChI=1S/C12H16ClNO.ClH/c13-11-3-1-2-10(8-11)9-12(15)4-6-14-7-5-12;/h1-3,8,14-15H,4-7,9H2;1H. The van der Waals surface area contributed by atoms with E-state index in [0.29, 0.717) is 6.42 Å². The Morgan fingerprint density at radius 2 is 2.00 bits per heavy atom. The highest BCUT2D eigenvalue weighted by atomic mass is 35.5. The van der Waals surface area contributed by atoms with Crippen molar-refractivity contribution < 1.29 is 5.11 Å². The van der Waals surface area contributed by atoms with Crippen LogP contribution in [-0.4, -0.2) is 23.8 Å². The lowest BCUT2D eigenvalue weighted by Gasteiger charge is -2.32. The van der Waals surface area contributed by atoms with E-state index in [1.807, 2.05) is 24.3 Å². The molecule has 1 fully saturated rings. The highest BCUT2D eigenvalue weighted by Gasteiger charge is 2.29. The van der Waals surface area contributed by atoms with Gasteiger partial charge in [-0.2, -0.15) is 0 Å². The van der Waals surface area contributed by atoms with Crippen molar-refractivity contribution in [2.45, 2.75) is 24.9 Å². The molecule has 1 aliphatic rings. The molecule has 90 valence electrons. The topological polar surface area (TPSA) is 32.3 Å². The normalized spacial score (nSPS) is 18.9. The molecule has 1 aromatic rings. The Labute approximate surface area is 107 Å². The fourth-order valence-corrected chi connectivity index (χ4v) is 2.31. The van der Waals surface area contributed by atoms with Gasteiger partial charge >= 0.3 is 0 Å². The molecule has 2 nitrogen and oxygen atoms in total. The summed E-state index contributed by atoms with van der Waals surface area (Å²) in [6.45, 7) is 1.80. The molecular weight excluding hydrogens is 245 g/mol. The van der Waals surface area contributed by atoms with Gasteiger partial charge in [0.25, 0.3) is 0 Å². The van der Waals surface area contributed by atoms with Crippen LogP contribution in [-0.2, 0) is 6.42 Å². The molecule has 2 N–H and O–H groups in total. The quantitative estimate of drug-likeness (QED) is 0.857. The second-order valence-corrected chi connectivity index (χ2v) is 4.72. The van der Waals surface area contributed by atoms with Gasteiger partial charge in [0.15, 0.2) is 0 Å². The third-order valence-electron chi connectivity index (χ3n) is 2.96. The van der Waals surface area contributed by atoms with Crippen molar-refractivity contribution in [3.8, 4) is 0 Å². The van der Waals surface area contributed by atoms with Crippen LogP contribution in [0.3, 0.4) is 0 Å². The Bertz CT molecular complexity index is 338. The summed E-state index contributed by atoms with van der Waals surface area (Å²) in [7, 11) is 0. The Morgan fingerprint density at radius 1 is 1.31 bits per heavy atom. The van der Waals surface area contributed by atoms with Crippen LogP contribution in [0.2, 0.25) is 5.02 Å². The molecule has 1 aromatic carbocycles. The molecule has 0 bridgehead atoms. The lowest BCUT2D eigenvalue weighted by molar-refractivity contribution is 0.0109. The van der Waals surface area contributed by atoms with Crippen molar-refractivity contribution in [3.63, 3.8) is 0 Å². The van der Waals surface area contributed by atoms with E-state index in [1.165, 1.54) is 0 Å². The zero-order valence-corrected chi connectivity index (χ0v) is 10.7. The van der Waals surface area contributed by atoms with E-state index >= 15 is 0 Å². The number of rotatable bonds is 2. The van der Waals surface area contributed by atoms with Crippen LogP contribution in [0.25, 0.3) is 0 Å². The maximum Gasteiger partial charge on any atom is 0.0712 e. The minimum atomic E-state index is -0.546. The second-order valence-electron chi connectivity index (χ2n) is 4.28. The molecule has 2 rings (SSSR count). The van der Waals surface area contributed by atoms with Gasteiger partial charge in [-0.25, -0.2) is 0 Å². The summed E-state index contributed by atoms with van der Waals surface area (Å²) >= 11 is 5.91. The maximum atomic E-state index is 10.3. The van der Waals surface area contributed by atoms with Gasteiger partial charge in [0.2, 0.25) is 0 Å². The van der Waals surface area contributed by atoms with Gasteiger partial charge in [0.1, 0.15) is 0 Å². The first-order valence-corrected chi connectivity index (χ1v) is 5.73. The Balaban J connectivity index is 0.00000128.